The molecule has 0 aromatic rings. The molecule has 0 aromatic heterocycles. The molecule has 110 valence electrons. The van der Waals surface area contributed by atoms with Gasteiger partial charge in [-0.1, -0.05) is 20.8 Å². The molecule has 0 radical (unpaired) electrons. The van der Waals surface area contributed by atoms with E-state index in [9.17, 15) is 0 Å². The topological polar surface area (TPSA) is 18.5 Å². The van der Waals surface area contributed by atoms with Crippen LogP contribution in [-0.2, 0) is 0 Å². The molecule has 0 saturated heterocycles. The van der Waals surface area contributed by atoms with Crippen molar-refractivity contribution in [2.24, 2.45) is 5.92 Å². The summed E-state index contributed by atoms with van der Waals surface area (Å²) in [5, 5.41) is 3.57. The van der Waals surface area contributed by atoms with Gasteiger partial charge in [-0.15, -0.1) is 0 Å². The van der Waals surface area contributed by atoms with Gasteiger partial charge >= 0.3 is 0 Å². The molecule has 0 aliphatic heterocycles. The second kappa shape index (κ2) is 10.8. The second-order valence-corrected chi connectivity index (χ2v) is 6.14. The first-order valence-corrected chi connectivity index (χ1v) is 7.56. The fourth-order valence-corrected chi connectivity index (χ4v) is 2.02. The Morgan fingerprint density at radius 1 is 1.00 bits per heavy atom. The molecular formula is C15H35N3. The molecule has 3 heteroatoms. The maximum absolute atomic E-state index is 3.57. The smallest absolute Gasteiger partial charge is 0.0109 e. The van der Waals surface area contributed by atoms with E-state index in [1.54, 1.807) is 0 Å². The molecule has 18 heavy (non-hydrogen) atoms. The quantitative estimate of drug-likeness (QED) is 0.613. The third-order valence-corrected chi connectivity index (χ3v) is 3.11. The van der Waals surface area contributed by atoms with Gasteiger partial charge in [0, 0.05) is 25.7 Å². The molecule has 0 heterocycles. The van der Waals surface area contributed by atoms with Crippen molar-refractivity contribution in [3.05, 3.63) is 0 Å². The van der Waals surface area contributed by atoms with Crippen molar-refractivity contribution in [1.82, 2.24) is 15.1 Å². The van der Waals surface area contributed by atoms with Crippen molar-refractivity contribution in [2.75, 3.05) is 46.8 Å². The summed E-state index contributed by atoms with van der Waals surface area (Å²) in [5.74, 6) is 0.756. The van der Waals surface area contributed by atoms with E-state index in [-0.39, 0.29) is 0 Å². The second-order valence-electron chi connectivity index (χ2n) is 6.14. The summed E-state index contributed by atoms with van der Waals surface area (Å²) in [4.78, 5) is 4.88. The van der Waals surface area contributed by atoms with Gasteiger partial charge in [-0.3, -0.25) is 0 Å². The fourth-order valence-electron chi connectivity index (χ4n) is 2.02. The summed E-state index contributed by atoms with van der Waals surface area (Å²) in [6, 6.07) is 0.638. The number of hydrogen-bond acceptors (Lipinski definition) is 3. The molecule has 1 N–H and O–H groups in total. The highest BCUT2D eigenvalue weighted by molar-refractivity contribution is 4.67. The average molecular weight is 257 g/mol. The summed E-state index contributed by atoms with van der Waals surface area (Å²) >= 11 is 0. The molecule has 0 aliphatic rings. The largest absolute Gasteiger partial charge is 0.314 e. The molecule has 0 aliphatic carbocycles. The molecule has 1 unspecified atom stereocenters. The standard InChI is InChI=1S/C15H35N3/c1-7-9-16-15(4)8-10-18(13-14(2)3)12-11-17(5)6/h14-16H,7-13H2,1-6H3. The first-order chi connectivity index (χ1) is 8.45. The van der Waals surface area contributed by atoms with E-state index in [1.807, 2.05) is 0 Å². The van der Waals surface area contributed by atoms with E-state index in [2.05, 4.69) is 56.9 Å². The Bertz CT molecular complexity index is 181. The Balaban J connectivity index is 3.91. The van der Waals surface area contributed by atoms with Crippen LogP contribution in [0.5, 0.6) is 0 Å². The lowest BCUT2D eigenvalue weighted by molar-refractivity contribution is 0.210. The van der Waals surface area contributed by atoms with Crippen LogP contribution in [0.25, 0.3) is 0 Å². The van der Waals surface area contributed by atoms with E-state index < -0.39 is 0 Å². The summed E-state index contributed by atoms with van der Waals surface area (Å²) in [6.07, 6.45) is 2.47. The maximum Gasteiger partial charge on any atom is 0.0109 e. The number of rotatable bonds is 11. The van der Waals surface area contributed by atoms with Crippen LogP contribution in [-0.4, -0.2) is 62.7 Å². The predicted octanol–water partition coefficient (Wildman–Crippen LogP) is 2.28. The molecule has 0 fully saturated rings. The van der Waals surface area contributed by atoms with Crippen LogP contribution >= 0.6 is 0 Å². The highest BCUT2D eigenvalue weighted by Gasteiger charge is 2.09. The van der Waals surface area contributed by atoms with Gasteiger partial charge in [0.2, 0.25) is 0 Å². The number of hydrogen-bond donors (Lipinski definition) is 1. The Morgan fingerprint density at radius 2 is 1.67 bits per heavy atom. The first kappa shape index (κ1) is 17.9. The molecular weight excluding hydrogens is 222 g/mol. The Labute approximate surface area is 115 Å². The molecule has 0 rings (SSSR count). The normalized spacial score (nSPS) is 13.8. The minimum absolute atomic E-state index is 0.638. The summed E-state index contributed by atoms with van der Waals surface area (Å²) < 4.78 is 0. The molecule has 1 atom stereocenters. The van der Waals surface area contributed by atoms with Gasteiger partial charge in [-0.25, -0.2) is 0 Å². The SMILES string of the molecule is CCCNC(C)CCN(CCN(C)C)CC(C)C. The molecule has 0 bridgehead atoms. The highest BCUT2D eigenvalue weighted by Crippen LogP contribution is 2.02. The number of likely N-dealkylation sites (N-methyl/N-ethyl adjacent to an activating group) is 1. The van der Waals surface area contributed by atoms with Gasteiger partial charge in [-0.05, 0) is 52.9 Å². The van der Waals surface area contributed by atoms with E-state index in [4.69, 9.17) is 0 Å². The van der Waals surface area contributed by atoms with Crippen LogP contribution in [0.1, 0.15) is 40.5 Å². The molecule has 0 aromatic carbocycles. The van der Waals surface area contributed by atoms with Gasteiger partial charge in [0.15, 0.2) is 0 Å². The zero-order chi connectivity index (χ0) is 14.0. The Kier molecular flexibility index (Phi) is 10.7. The lowest BCUT2D eigenvalue weighted by atomic mass is 10.1. The zero-order valence-corrected chi connectivity index (χ0v) is 13.5. The lowest BCUT2D eigenvalue weighted by Crippen LogP contribution is -2.38. The van der Waals surface area contributed by atoms with Crippen LogP contribution in [0, 0.1) is 5.92 Å². The van der Waals surface area contributed by atoms with Gasteiger partial charge in [0.1, 0.15) is 0 Å². The molecule has 0 spiro atoms. The average Bonchev–Trinajstić information content (AvgIpc) is 2.29. The van der Waals surface area contributed by atoms with Crippen molar-refractivity contribution in [3.8, 4) is 0 Å². The van der Waals surface area contributed by atoms with E-state index in [1.165, 1.54) is 32.5 Å². The number of nitrogens with one attached hydrogen (secondary N) is 1. The van der Waals surface area contributed by atoms with Crippen molar-refractivity contribution in [1.29, 1.82) is 0 Å². The Morgan fingerprint density at radius 3 is 2.17 bits per heavy atom. The van der Waals surface area contributed by atoms with Gasteiger partial charge in [0.25, 0.3) is 0 Å². The molecule has 0 amide bonds. The van der Waals surface area contributed by atoms with Crippen LogP contribution in [0.2, 0.25) is 0 Å². The summed E-state index contributed by atoms with van der Waals surface area (Å²) in [7, 11) is 4.30. The van der Waals surface area contributed by atoms with E-state index >= 15 is 0 Å². The van der Waals surface area contributed by atoms with Crippen LogP contribution in [0.4, 0.5) is 0 Å². The minimum atomic E-state index is 0.638. The monoisotopic (exact) mass is 257 g/mol. The third kappa shape index (κ3) is 11.0. The predicted molar refractivity (Wildman–Crippen MR) is 82.2 cm³/mol. The van der Waals surface area contributed by atoms with Crippen molar-refractivity contribution >= 4 is 0 Å². The third-order valence-electron chi connectivity index (χ3n) is 3.11. The Hall–Kier alpha value is -0.120. The maximum atomic E-state index is 3.57. The molecule has 3 nitrogen and oxygen atoms in total. The number of nitrogens with zero attached hydrogens (tertiary/aromatic N) is 2. The van der Waals surface area contributed by atoms with Gasteiger partial charge in [0.05, 0.1) is 0 Å². The van der Waals surface area contributed by atoms with Crippen LogP contribution in [0.3, 0.4) is 0 Å². The van der Waals surface area contributed by atoms with Crippen molar-refractivity contribution < 1.29 is 0 Å². The van der Waals surface area contributed by atoms with Crippen molar-refractivity contribution in [2.45, 2.75) is 46.6 Å². The van der Waals surface area contributed by atoms with Gasteiger partial charge in [-0.2, -0.15) is 0 Å². The van der Waals surface area contributed by atoms with Crippen LogP contribution in [0.15, 0.2) is 0 Å². The zero-order valence-electron chi connectivity index (χ0n) is 13.5. The van der Waals surface area contributed by atoms with E-state index in [0.717, 1.165) is 19.0 Å². The highest BCUT2D eigenvalue weighted by atomic mass is 15.2. The fraction of sp³-hybridized carbons (Fsp3) is 1.00. The molecule has 0 saturated carbocycles. The van der Waals surface area contributed by atoms with E-state index in [0.29, 0.717) is 6.04 Å². The lowest BCUT2D eigenvalue weighted by Gasteiger charge is -2.27. The minimum Gasteiger partial charge on any atom is -0.314 e. The summed E-state index contributed by atoms with van der Waals surface area (Å²) in [6.45, 7) is 15.1. The summed E-state index contributed by atoms with van der Waals surface area (Å²) in [5.41, 5.74) is 0. The van der Waals surface area contributed by atoms with Gasteiger partial charge < -0.3 is 15.1 Å². The van der Waals surface area contributed by atoms with Crippen molar-refractivity contribution in [3.63, 3.8) is 0 Å². The first-order valence-electron chi connectivity index (χ1n) is 7.56. The van der Waals surface area contributed by atoms with Crippen LogP contribution < -0.4 is 5.32 Å².